The van der Waals surface area contributed by atoms with Gasteiger partial charge in [0, 0.05) is 17.7 Å². The molecule has 0 bridgehead atoms. The number of benzene rings is 1. The zero-order valence-electron chi connectivity index (χ0n) is 14.4. The van der Waals surface area contributed by atoms with Gasteiger partial charge < -0.3 is 10.1 Å². The molecule has 2 aromatic rings. The number of amides is 1. The van der Waals surface area contributed by atoms with E-state index in [1.807, 2.05) is 6.92 Å². The summed E-state index contributed by atoms with van der Waals surface area (Å²) in [7, 11) is 0. The van der Waals surface area contributed by atoms with E-state index in [1.165, 1.54) is 12.3 Å². The standard InChI is InChI=1S/C18H19ClFN3O3/c1-3-13-11(2)18(19,20)16(26-13)23-10-9-14(22-17(23)25)21-15(24)12-7-5-4-6-8-12/h4-11,13,16H,3H2,1-2H3,(H,21,22,24,25)/t11-,13-,16?,18-/m1/s1. The zero-order valence-corrected chi connectivity index (χ0v) is 15.1. The third-order valence-corrected chi connectivity index (χ3v) is 5.09. The first-order chi connectivity index (χ1) is 12.3. The van der Waals surface area contributed by atoms with E-state index in [0.717, 1.165) is 4.57 Å². The van der Waals surface area contributed by atoms with Crippen LogP contribution in [0.3, 0.4) is 0 Å². The van der Waals surface area contributed by atoms with E-state index >= 15 is 0 Å². The molecule has 26 heavy (non-hydrogen) atoms. The molecule has 0 radical (unpaired) electrons. The maximum Gasteiger partial charge on any atom is 0.351 e. The van der Waals surface area contributed by atoms with Crippen LogP contribution in [0.4, 0.5) is 10.2 Å². The number of halogens is 2. The van der Waals surface area contributed by atoms with E-state index < -0.39 is 35.0 Å². The van der Waals surface area contributed by atoms with Crippen molar-refractivity contribution in [3.63, 3.8) is 0 Å². The highest BCUT2D eigenvalue weighted by molar-refractivity contribution is 6.23. The summed E-state index contributed by atoms with van der Waals surface area (Å²) in [5, 5.41) is 0.314. The molecule has 0 saturated carbocycles. The van der Waals surface area contributed by atoms with Crippen LogP contribution >= 0.6 is 11.6 Å². The van der Waals surface area contributed by atoms with Crippen LogP contribution in [0.1, 0.15) is 36.9 Å². The van der Waals surface area contributed by atoms with Gasteiger partial charge in [-0.2, -0.15) is 4.98 Å². The Kier molecular flexibility index (Phi) is 5.11. The topological polar surface area (TPSA) is 73.2 Å². The predicted octanol–water partition coefficient (Wildman–Crippen LogP) is 3.34. The Morgan fingerprint density at radius 1 is 1.38 bits per heavy atom. The van der Waals surface area contributed by atoms with E-state index in [4.69, 9.17) is 16.3 Å². The largest absolute Gasteiger partial charge is 0.351 e. The Morgan fingerprint density at radius 2 is 2.08 bits per heavy atom. The number of alkyl halides is 2. The maximum absolute atomic E-state index is 14.9. The molecule has 2 heterocycles. The molecule has 4 atom stereocenters. The van der Waals surface area contributed by atoms with Crippen LogP contribution in [0.15, 0.2) is 47.4 Å². The van der Waals surface area contributed by atoms with E-state index in [9.17, 15) is 14.0 Å². The number of aromatic nitrogens is 2. The first-order valence-electron chi connectivity index (χ1n) is 8.33. The summed E-state index contributed by atoms with van der Waals surface area (Å²) < 4.78 is 21.5. The minimum atomic E-state index is -2.22. The molecule has 1 amide bonds. The lowest BCUT2D eigenvalue weighted by molar-refractivity contribution is -0.0321. The van der Waals surface area contributed by atoms with Crippen molar-refractivity contribution in [2.24, 2.45) is 5.92 Å². The minimum Gasteiger partial charge on any atom is -0.349 e. The number of carbonyl (C=O) groups is 1. The summed E-state index contributed by atoms with van der Waals surface area (Å²) in [6.45, 7) is 3.51. The molecule has 1 aliphatic heterocycles. The molecule has 138 valence electrons. The Balaban J connectivity index is 1.82. The number of hydrogen-bond donors (Lipinski definition) is 1. The monoisotopic (exact) mass is 379 g/mol. The third kappa shape index (κ3) is 3.37. The van der Waals surface area contributed by atoms with Gasteiger partial charge in [-0.3, -0.25) is 9.36 Å². The van der Waals surface area contributed by atoms with E-state index in [2.05, 4.69) is 10.3 Å². The molecule has 0 aliphatic carbocycles. The fraction of sp³-hybridized carbons (Fsp3) is 0.389. The molecular weight excluding hydrogens is 361 g/mol. The maximum atomic E-state index is 14.9. The Bertz CT molecular complexity index is 856. The van der Waals surface area contributed by atoms with Gasteiger partial charge in [-0.1, -0.05) is 43.6 Å². The van der Waals surface area contributed by atoms with Crippen molar-refractivity contribution in [3.8, 4) is 0 Å². The van der Waals surface area contributed by atoms with Gasteiger partial charge >= 0.3 is 5.69 Å². The minimum absolute atomic E-state index is 0.0669. The molecule has 1 aromatic heterocycles. The fourth-order valence-corrected chi connectivity index (χ4v) is 3.28. The van der Waals surface area contributed by atoms with Crippen LogP contribution in [-0.4, -0.2) is 26.7 Å². The zero-order chi connectivity index (χ0) is 18.9. The van der Waals surface area contributed by atoms with E-state index in [-0.39, 0.29) is 5.82 Å². The van der Waals surface area contributed by atoms with Gasteiger partial charge in [0.25, 0.3) is 5.91 Å². The summed E-state index contributed by atoms with van der Waals surface area (Å²) in [6, 6.07) is 9.93. The third-order valence-electron chi connectivity index (χ3n) is 4.56. The lowest BCUT2D eigenvalue weighted by Crippen LogP contribution is -2.37. The predicted molar refractivity (Wildman–Crippen MR) is 95.9 cm³/mol. The molecule has 6 nitrogen and oxygen atoms in total. The lowest BCUT2D eigenvalue weighted by Gasteiger charge is -2.23. The molecule has 1 saturated heterocycles. The van der Waals surface area contributed by atoms with Gasteiger partial charge in [0.05, 0.1) is 6.10 Å². The highest BCUT2D eigenvalue weighted by Crippen LogP contribution is 2.48. The molecule has 3 rings (SSSR count). The molecule has 1 fully saturated rings. The summed E-state index contributed by atoms with van der Waals surface area (Å²) in [5.74, 6) is -0.912. The molecule has 0 spiro atoms. The summed E-state index contributed by atoms with van der Waals surface area (Å²) in [6.07, 6.45) is 0.223. The van der Waals surface area contributed by atoms with Gasteiger partial charge in [-0.05, 0) is 24.6 Å². The number of anilines is 1. The first kappa shape index (κ1) is 18.5. The second-order valence-corrected chi connectivity index (χ2v) is 6.80. The molecule has 8 heteroatoms. The Morgan fingerprint density at radius 3 is 2.65 bits per heavy atom. The average Bonchev–Trinajstić information content (AvgIpc) is 2.85. The number of nitrogens with zero attached hydrogens (tertiary/aromatic N) is 2. The first-order valence-corrected chi connectivity index (χ1v) is 8.71. The fourth-order valence-electron chi connectivity index (χ4n) is 2.99. The van der Waals surface area contributed by atoms with Crippen LogP contribution in [0, 0.1) is 5.92 Å². The lowest BCUT2D eigenvalue weighted by atomic mass is 9.99. The van der Waals surface area contributed by atoms with Crippen LogP contribution < -0.4 is 11.0 Å². The van der Waals surface area contributed by atoms with E-state index in [1.54, 1.807) is 37.3 Å². The van der Waals surface area contributed by atoms with Gasteiger partial charge in [0.1, 0.15) is 5.82 Å². The van der Waals surface area contributed by atoms with Gasteiger partial charge in [0.2, 0.25) is 5.13 Å². The number of nitrogens with one attached hydrogen (secondary N) is 1. The summed E-state index contributed by atoms with van der Waals surface area (Å²) in [4.78, 5) is 28.3. The SMILES string of the molecule is CC[C@H]1OC(n2ccc(NC(=O)c3ccccc3)nc2=O)[C@@](F)(Cl)[C@@H]1C. The van der Waals surface area contributed by atoms with Crippen LogP contribution in [0.2, 0.25) is 0 Å². The van der Waals surface area contributed by atoms with Crippen molar-refractivity contribution >= 4 is 23.3 Å². The van der Waals surface area contributed by atoms with Crippen LogP contribution in [0.25, 0.3) is 0 Å². The number of rotatable bonds is 4. The highest BCUT2D eigenvalue weighted by atomic mass is 35.5. The quantitative estimate of drug-likeness (QED) is 0.827. The number of ether oxygens (including phenoxy) is 1. The summed E-state index contributed by atoms with van der Waals surface area (Å²) in [5.41, 5.74) is -0.326. The summed E-state index contributed by atoms with van der Waals surface area (Å²) >= 11 is 6.02. The van der Waals surface area contributed by atoms with Crippen molar-refractivity contribution in [2.45, 2.75) is 37.7 Å². The van der Waals surface area contributed by atoms with Crippen molar-refractivity contribution in [1.29, 1.82) is 0 Å². The smallest absolute Gasteiger partial charge is 0.349 e. The van der Waals surface area contributed by atoms with Crippen molar-refractivity contribution in [3.05, 3.63) is 58.6 Å². The van der Waals surface area contributed by atoms with Crippen LogP contribution in [0.5, 0.6) is 0 Å². The molecule has 1 aliphatic rings. The second kappa shape index (κ2) is 7.17. The normalized spacial score (nSPS) is 28.1. The number of carbonyl (C=O) groups excluding carboxylic acids is 1. The average molecular weight is 380 g/mol. The molecular formula is C18H19ClFN3O3. The second-order valence-electron chi connectivity index (χ2n) is 6.22. The van der Waals surface area contributed by atoms with Gasteiger partial charge in [-0.25, -0.2) is 9.18 Å². The van der Waals surface area contributed by atoms with Gasteiger partial charge in [-0.15, -0.1) is 0 Å². The number of hydrogen-bond acceptors (Lipinski definition) is 4. The van der Waals surface area contributed by atoms with Gasteiger partial charge in [0.15, 0.2) is 6.23 Å². The van der Waals surface area contributed by atoms with Crippen LogP contribution in [-0.2, 0) is 4.74 Å². The van der Waals surface area contributed by atoms with Crippen molar-refractivity contribution in [2.75, 3.05) is 5.32 Å². The van der Waals surface area contributed by atoms with Crippen molar-refractivity contribution in [1.82, 2.24) is 9.55 Å². The molecule has 1 aromatic carbocycles. The van der Waals surface area contributed by atoms with Crippen molar-refractivity contribution < 1.29 is 13.9 Å². The Hall–Kier alpha value is -2.25. The molecule has 1 unspecified atom stereocenters. The molecule has 1 N–H and O–H groups in total. The Labute approximate surface area is 155 Å². The van der Waals surface area contributed by atoms with E-state index in [0.29, 0.717) is 12.0 Å². The highest BCUT2D eigenvalue weighted by Gasteiger charge is 2.55.